The van der Waals surface area contributed by atoms with E-state index in [2.05, 4.69) is 20.5 Å². The molecule has 2 N–H and O–H groups in total. The van der Waals surface area contributed by atoms with Crippen molar-refractivity contribution in [3.8, 4) is 0 Å². The quantitative estimate of drug-likeness (QED) is 0.102. The van der Waals surface area contributed by atoms with Crippen LogP contribution in [0, 0.1) is 20.2 Å². The van der Waals surface area contributed by atoms with Gasteiger partial charge in [-0.2, -0.15) is 0 Å². The fourth-order valence-corrected chi connectivity index (χ4v) is 6.69. The SMILES string of the molecule is CCc1c(N=NC2=C3C=CC(=S(=O)([O-])O)C=C3C=CC2=O)cccc1[N+](=O)[O-].CCc1c(N=NC2=C3C=CC(=S(=O)([O-])O)C=C3C=CC2=O)cccc1[N+](=O)[O-].[Ca+2]. The Bertz CT molecular complexity index is 2500. The number of hydrogen-bond donors (Lipinski definition) is 2. The van der Waals surface area contributed by atoms with Crippen LogP contribution in [-0.4, -0.2) is 95.5 Å². The Morgan fingerprint density at radius 2 is 0.965 bits per heavy atom. The van der Waals surface area contributed by atoms with E-state index in [4.69, 9.17) is 9.11 Å². The predicted octanol–water partition coefficient (Wildman–Crippen LogP) is 6.00. The number of allylic oxidation sites excluding steroid dienone is 14. The fraction of sp³-hybridized carbons (Fsp3) is 0.111. The molecule has 0 aromatic heterocycles. The average Bonchev–Trinajstić information content (AvgIpc) is 3.15. The van der Waals surface area contributed by atoms with Crippen molar-refractivity contribution in [1.29, 1.82) is 0 Å². The largest absolute Gasteiger partial charge is 2.00 e. The zero-order chi connectivity index (χ0) is 40.9. The molecule has 2 aromatic carbocycles. The van der Waals surface area contributed by atoms with Crippen LogP contribution in [0.15, 0.2) is 151 Å². The minimum Gasteiger partial charge on any atom is -0.757 e. The Hall–Kier alpha value is -5.16. The zero-order valence-corrected chi connectivity index (χ0v) is 33.7. The maximum Gasteiger partial charge on any atom is 2.00 e. The summed E-state index contributed by atoms with van der Waals surface area (Å²) in [6.07, 6.45) is 13.4. The molecule has 0 aliphatic heterocycles. The van der Waals surface area contributed by atoms with E-state index in [1.165, 1.54) is 72.9 Å². The van der Waals surface area contributed by atoms with E-state index in [0.29, 0.717) is 46.3 Å². The number of rotatable bonds is 8. The molecule has 0 saturated carbocycles. The van der Waals surface area contributed by atoms with Crippen molar-refractivity contribution in [2.45, 2.75) is 26.7 Å². The number of benzene rings is 2. The molecule has 0 amide bonds. The molecule has 6 rings (SSSR count). The third kappa shape index (κ3) is 10.2. The molecule has 0 bridgehead atoms. The molecule has 21 heteroatoms. The number of nitro groups is 2. The molecule has 0 fully saturated rings. The van der Waals surface area contributed by atoms with Crippen molar-refractivity contribution >= 4 is 102 Å². The van der Waals surface area contributed by atoms with Gasteiger partial charge < -0.3 is 18.2 Å². The number of carbonyl (C=O) groups excluding carboxylic acids is 2. The molecule has 4 aliphatic rings. The second-order valence-corrected chi connectivity index (χ2v) is 14.6. The number of ketones is 2. The van der Waals surface area contributed by atoms with Crippen molar-refractivity contribution in [3.05, 3.63) is 162 Å². The van der Waals surface area contributed by atoms with Crippen molar-refractivity contribution in [1.82, 2.24) is 0 Å². The van der Waals surface area contributed by atoms with Gasteiger partial charge in [0.15, 0.2) is 0 Å². The summed E-state index contributed by atoms with van der Waals surface area (Å²) in [6.45, 7) is 3.49. The summed E-state index contributed by atoms with van der Waals surface area (Å²) in [7, 11) is -8.78. The minimum atomic E-state index is -4.39. The molecule has 288 valence electrons. The van der Waals surface area contributed by atoms with E-state index in [1.807, 2.05) is 0 Å². The first-order chi connectivity index (χ1) is 26.4. The standard InChI is InChI=1S/2C18H15N3O6S.Ca/c2*1-2-13-15(4-3-5-16(13)21(23)24)19-20-18-14-8-7-12(28(25,26)27)10-11(14)6-9-17(18)22;/h2*3-10H,2H2,1H3,(H2,25,26,27);/q;;+2/p-2. The van der Waals surface area contributed by atoms with Crippen LogP contribution >= 0.6 is 0 Å². The van der Waals surface area contributed by atoms with Gasteiger partial charge in [0.05, 0.1) is 32.3 Å². The number of hydrogen-bond acceptors (Lipinski definition) is 14. The molecule has 2 unspecified atom stereocenters. The summed E-state index contributed by atoms with van der Waals surface area (Å²) in [5.74, 6) is -0.890. The van der Waals surface area contributed by atoms with Crippen LogP contribution in [0.4, 0.5) is 22.7 Å². The summed E-state index contributed by atoms with van der Waals surface area (Å²) in [5, 5.41) is 38.3. The van der Waals surface area contributed by atoms with Gasteiger partial charge in [-0.3, -0.25) is 38.2 Å². The van der Waals surface area contributed by atoms with E-state index in [9.17, 15) is 47.3 Å². The second kappa shape index (κ2) is 18.4. The zero-order valence-electron chi connectivity index (χ0n) is 29.8. The monoisotopic (exact) mass is 840 g/mol. The van der Waals surface area contributed by atoms with Crippen LogP contribution in [0.5, 0.6) is 0 Å². The van der Waals surface area contributed by atoms with Crippen molar-refractivity contribution in [2.75, 3.05) is 0 Å². The van der Waals surface area contributed by atoms with Gasteiger partial charge in [0.1, 0.15) is 11.4 Å². The summed E-state index contributed by atoms with van der Waals surface area (Å²) in [5.41, 5.74) is 2.49. The van der Waals surface area contributed by atoms with Crippen LogP contribution in [0.2, 0.25) is 0 Å². The Labute approximate surface area is 354 Å². The average molecular weight is 841 g/mol. The van der Waals surface area contributed by atoms with Gasteiger partial charge in [0, 0.05) is 53.2 Å². The first-order valence-electron chi connectivity index (χ1n) is 16.2. The fourth-order valence-electron chi connectivity index (χ4n) is 5.66. The van der Waals surface area contributed by atoms with Crippen molar-refractivity contribution in [3.63, 3.8) is 0 Å². The van der Waals surface area contributed by atoms with Crippen molar-refractivity contribution in [2.24, 2.45) is 20.5 Å². The molecule has 4 aliphatic carbocycles. The van der Waals surface area contributed by atoms with Crippen LogP contribution in [0.25, 0.3) is 0 Å². The van der Waals surface area contributed by atoms with Gasteiger partial charge in [-0.25, -0.2) is 0 Å². The van der Waals surface area contributed by atoms with Gasteiger partial charge in [-0.15, -0.1) is 20.5 Å². The molecule has 2 aromatic rings. The van der Waals surface area contributed by atoms with E-state index in [1.54, 1.807) is 26.0 Å². The van der Waals surface area contributed by atoms with Gasteiger partial charge in [0.25, 0.3) is 11.4 Å². The summed E-state index contributed by atoms with van der Waals surface area (Å²) in [6, 6.07) is 8.80. The molecule has 0 radical (unpaired) electrons. The van der Waals surface area contributed by atoms with E-state index in [0.717, 1.165) is 12.2 Å². The van der Waals surface area contributed by atoms with Gasteiger partial charge in [0.2, 0.25) is 11.6 Å². The number of fused-ring (bicyclic) bond motifs is 2. The van der Waals surface area contributed by atoms with Gasteiger partial charge in [-0.05, 0) is 72.6 Å². The summed E-state index contributed by atoms with van der Waals surface area (Å²) >= 11 is 0. The Morgan fingerprint density at radius 3 is 1.28 bits per heavy atom. The van der Waals surface area contributed by atoms with E-state index < -0.39 is 41.6 Å². The topological polar surface area (TPSA) is 291 Å². The second-order valence-electron chi connectivity index (χ2n) is 11.7. The summed E-state index contributed by atoms with van der Waals surface area (Å²) < 4.78 is 63.5. The Balaban J connectivity index is 0.000000248. The van der Waals surface area contributed by atoms with Gasteiger partial charge >= 0.3 is 37.7 Å². The van der Waals surface area contributed by atoms with Gasteiger partial charge in [-0.1, -0.05) is 50.3 Å². The van der Waals surface area contributed by atoms with Crippen LogP contribution in [-0.2, 0) is 42.6 Å². The smallest absolute Gasteiger partial charge is 0.757 e. The van der Waals surface area contributed by atoms with E-state index >= 15 is 0 Å². The molecule has 18 nitrogen and oxygen atoms in total. The number of nitrogens with zero attached hydrogens (tertiary/aromatic N) is 6. The predicted molar refractivity (Wildman–Crippen MR) is 210 cm³/mol. The van der Waals surface area contributed by atoms with Crippen LogP contribution in [0.3, 0.4) is 0 Å². The maximum atomic E-state index is 12.2. The molecule has 57 heavy (non-hydrogen) atoms. The third-order valence-corrected chi connectivity index (χ3v) is 10.0. The molecule has 0 heterocycles. The minimum absolute atomic E-state index is 0. The van der Waals surface area contributed by atoms with Crippen LogP contribution in [0.1, 0.15) is 25.0 Å². The molecule has 0 saturated heterocycles. The van der Waals surface area contributed by atoms with E-state index in [-0.39, 0.29) is 81.6 Å². The Kier molecular flexibility index (Phi) is 14.4. The molecule has 0 spiro atoms. The number of azo groups is 2. The Morgan fingerprint density at radius 1 is 0.596 bits per heavy atom. The first-order valence-corrected chi connectivity index (χ1v) is 19.1. The third-order valence-electron chi connectivity index (χ3n) is 8.32. The first kappa shape index (κ1) is 44.6. The molecular formula is C36H28CaN6O12S2. The maximum absolute atomic E-state index is 12.2. The summed E-state index contributed by atoms with van der Waals surface area (Å²) in [4.78, 5) is 45.2. The number of carbonyl (C=O) groups is 2. The van der Waals surface area contributed by atoms with Crippen LogP contribution < -0.4 is 0 Å². The normalized spacial score (nSPS) is 18.0. The molecule has 2 atom stereocenters. The molecular weight excluding hydrogens is 813 g/mol. The van der Waals surface area contributed by atoms with Crippen molar-refractivity contribution < 1.29 is 46.1 Å². The number of nitro benzene ring substituents is 2.